The minimum atomic E-state index is 0.254. The topological polar surface area (TPSA) is 38.0 Å². The highest BCUT2D eigenvalue weighted by Gasteiger charge is 2.44. The van der Waals surface area contributed by atoms with Gasteiger partial charge in [0.25, 0.3) is 0 Å². The van der Waals surface area contributed by atoms with Crippen LogP contribution in [0.4, 0.5) is 0 Å². The van der Waals surface area contributed by atoms with Gasteiger partial charge >= 0.3 is 0 Å². The van der Waals surface area contributed by atoms with Crippen LogP contribution in [-0.2, 0) is 6.42 Å². The minimum Gasteiger partial charge on any atom is -0.323 e. The van der Waals surface area contributed by atoms with E-state index in [1.54, 1.807) is 0 Å². The van der Waals surface area contributed by atoms with Crippen LogP contribution in [0.5, 0.6) is 0 Å². The van der Waals surface area contributed by atoms with E-state index in [1.807, 2.05) is 0 Å². The molecule has 0 amide bonds. The number of hydrogen-bond donors (Lipinski definition) is 2. The maximum Gasteiger partial charge on any atom is 0.0359 e. The lowest BCUT2D eigenvalue weighted by Crippen LogP contribution is -2.42. The maximum absolute atomic E-state index is 6.50. The predicted molar refractivity (Wildman–Crippen MR) is 66.3 cm³/mol. The van der Waals surface area contributed by atoms with Gasteiger partial charge in [0.15, 0.2) is 0 Å². The summed E-state index contributed by atoms with van der Waals surface area (Å²) in [4.78, 5) is 0. The fourth-order valence-corrected chi connectivity index (χ4v) is 3.40. The first kappa shape index (κ1) is 10.3. The van der Waals surface area contributed by atoms with Gasteiger partial charge in [0.1, 0.15) is 0 Å². The number of fused-ring (bicyclic) bond motifs is 1. The molecule has 2 aliphatic rings. The van der Waals surface area contributed by atoms with Crippen molar-refractivity contribution in [1.29, 1.82) is 0 Å². The number of benzene rings is 1. The molecule has 1 heterocycles. The lowest BCUT2D eigenvalue weighted by molar-refractivity contribution is 0.174. The third-order valence-electron chi connectivity index (χ3n) is 4.44. The number of piperidine rings is 1. The van der Waals surface area contributed by atoms with E-state index in [0.29, 0.717) is 5.41 Å². The second-order valence-corrected chi connectivity index (χ2v) is 5.47. The molecule has 1 spiro atoms. The SMILES string of the molecule is Cc1ccc2c(c1)[C@@H](N)C1(CCNCC1)C2. The van der Waals surface area contributed by atoms with Crippen LogP contribution < -0.4 is 11.1 Å². The molecule has 0 aromatic heterocycles. The Kier molecular flexibility index (Phi) is 2.30. The van der Waals surface area contributed by atoms with Gasteiger partial charge in [-0.2, -0.15) is 0 Å². The van der Waals surface area contributed by atoms with Crippen molar-refractivity contribution < 1.29 is 0 Å². The smallest absolute Gasteiger partial charge is 0.0359 e. The van der Waals surface area contributed by atoms with Crippen LogP contribution in [0.2, 0.25) is 0 Å². The van der Waals surface area contributed by atoms with Crippen molar-refractivity contribution in [3.63, 3.8) is 0 Å². The average Bonchev–Trinajstić information content (AvgIpc) is 2.55. The molecule has 1 fully saturated rings. The van der Waals surface area contributed by atoms with Gasteiger partial charge in [-0.05, 0) is 55.8 Å². The quantitative estimate of drug-likeness (QED) is 0.695. The molecule has 1 saturated heterocycles. The van der Waals surface area contributed by atoms with E-state index < -0.39 is 0 Å². The number of aryl methyl sites for hydroxylation is 1. The molecule has 0 bridgehead atoms. The molecule has 1 atom stereocenters. The van der Waals surface area contributed by atoms with Gasteiger partial charge in [-0.15, -0.1) is 0 Å². The number of nitrogens with two attached hydrogens (primary N) is 1. The zero-order valence-electron chi connectivity index (χ0n) is 9.92. The van der Waals surface area contributed by atoms with Crippen molar-refractivity contribution in [3.8, 4) is 0 Å². The number of hydrogen-bond acceptors (Lipinski definition) is 2. The fourth-order valence-electron chi connectivity index (χ4n) is 3.40. The Bertz CT molecular complexity index is 405. The Morgan fingerprint density at radius 2 is 2.06 bits per heavy atom. The fraction of sp³-hybridized carbons (Fsp3) is 0.571. The van der Waals surface area contributed by atoms with Crippen LogP contribution in [0.1, 0.15) is 35.6 Å². The summed E-state index contributed by atoms with van der Waals surface area (Å²) < 4.78 is 0. The summed E-state index contributed by atoms with van der Waals surface area (Å²) in [5, 5.41) is 3.44. The van der Waals surface area contributed by atoms with Gasteiger partial charge in [0.2, 0.25) is 0 Å². The van der Waals surface area contributed by atoms with Crippen LogP contribution in [0.15, 0.2) is 18.2 Å². The average molecular weight is 216 g/mol. The largest absolute Gasteiger partial charge is 0.323 e. The summed E-state index contributed by atoms with van der Waals surface area (Å²) in [6, 6.07) is 7.04. The molecule has 1 aliphatic heterocycles. The Morgan fingerprint density at radius 1 is 1.31 bits per heavy atom. The van der Waals surface area contributed by atoms with Crippen LogP contribution in [-0.4, -0.2) is 13.1 Å². The summed E-state index contributed by atoms with van der Waals surface area (Å²) in [6.07, 6.45) is 3.63. The van der Waals surface area contributed by atoms with E-state index in [0.717, 1.165) is 13.1 Å². The van der Waals surface area contributed by atoms with Crippen molar-refractivity contribution in [1.82, 2.24) is 5.32 Å². The second-order valence-electron chi connectivity index (χ2n) is 5.47. The summed E-state index contributed by atoms with van der Waals surface area (Å²) in [7, 11) is 0. The molecule has 1 aromatic carbocycles. The summed E-state index contributed by atoms with van der Waals surface area (Å²) in [5.41, 5.74) is 11.1. The van der Waals surface area contributed by atoms with E-state index in [-0.39, 0.29) is 6.04 Å². The van der Waals surface area contributed by atoms with Crippen LogP contribution in [0.25, 0.3) is 0 Å². The molecule has 1 aromatic rings. The molecule has 16 heavy (non-hydrogen) atoms. The van der Waals surface area contributed by atoms with Crippen molar-refractivity contribution in [3.05, 3.63) is 34.9 Å². The van der Waals surface area contributed by atoms with Gasteiger partial charge in [0.05, 0.1) is 0 Å². The third kappa shape index (κ3) is 1.40. The molecule has 2 nitrogen and oxygen atoms in total. The first-order chi connectivity index (χ1) is 7.71. The van der Waals surface area contributed by atoms with E-state index in [9.17, 15) is 0 Å². The van der Waals surface area contributed by atoms with E-state index >= 15 is 0 Å². The number of nitrogens with one attached hydrogen (secondary N) is 1. The molecule has 0 unspecified atom stereocenters. The van der Waals surface area contributed by atoms with Crippen LogP contribution in [0.3, 0.4) is 0 Å². The van der Waals surface area contributed by atoms with Crippen molar-refractivity contribution in [2.75, 3.05) is 13.1 Å². The Labute approximate surface area is 97.2 Å². The molecule has 0 saturated carbocycles. The minimum absolute atomic E-state index is 0.254. The zero-order chi connectivity index (χ0) is 11.2. The Hall–Kier alpha value is -0.860. The van der Waals surface area contributed by atoms with Gasteiger partial charge in [-0.3, -0.25) is 0 Å². The summed E-state index contributed by atoms with van der Waals surface area (Å²) in [5.74, 6) is 0. The van der Waals surface area contributed by atoms with E-state index in [2.05, 4.69) is 30.4 Å². The summed E-state index contributed by atoms with van der Waals surface area (Å²) >= 11 is 0. The van der Waals surface area contributed by atoms with Crippen molar-refractivity contribution in [2.45, 2.75) is 32.2 Å². The van der Waals surface area contributed by atoms with E-state index in [1.165, 1.54) is 36.0 Å². The third-order valence-corrected chi connectivity index (χ3v) is 4.44. The lowest BCUT2D eigenvalue weighted by Gasteiger charge is -2.37. The maximum atomic E-state index is 6.50. The molecule has 1 aliphatic carbocycles. The molecule has 3 rings (SSSR count). The second kappa shape index (κ2) is 3.57. The monoisotopic (exact) mass is 216 g/mol. The molecular weight excluding hydrogens is 196 g/mol. The lowest BCUT2D eigenvalue weighted by atomic mass is 9.73. The van der Waals surface area contributed by atoms with Crippen molar-refractivity contribution in [2.24, 2.45) is 11.1 Å². The van der Waals surface area contributed by atoms with Crippen molar-refractivity contribution >= 4 is 0 Å². The van der Waals surface area contributed by atoms with Crippen LogP contribution >= 0.6 is 0 Å². The first-order valence-corrected chi connectivity index (χ1v) is 6.27. The zero-order valence-corrected chi connectivity index (χ0v) is 9.92. The predicted octanol–water partition coefficient (Wildman–Crippen LogP) is 1.92. The van der Waals surface area contributed by atoms with Gasteiger partial charge in [-0.25, -0.2) is 0 Å². The summed E-state index contributed by atoms with van der Waals surface area (Å²) in [6.45, 7) is 4.40. The standard InChI is InChI=1S/C14H20N2/c1-10-2-3-11-9-14(4-6-16-7-5-14)13(15)12(11)8-10/h2-3,8,13,16H,4-7,9,15H2,1H3/t13-/m1/s1. The Morgan fingerprint density at radius 3 is 2.81 bits per heavy atom. The van der Waals surface area contributed by atoms with Gasteiger partial charge in [0, 0.05) is 6.04 Å². The molecular formula is C14H20N2. The molecule has 0 radical (unpaired) electrons. The molecule has 2 heteroatoms. The van der Waals surface area contributed by atoms with Crippen LogP contribution in [0, 0.1) is 12.3 Å². The Balaban J connectivity index is 1.99. The highest BCUT2D eigenvalue weighted by atomic mass is 14.9. The van der Waals surface area contributed by atoms with E-state index in [4.69, 9.17) is 5.73 Å². The highest BCUT2D eigenvalue weighted by molar-refractivity contribution is 5.40. The van der Waals surface area contributed by atoms with Gasteiger partial charge < -0.3 is 11.1 Å². The molecule has 86 valence electrons. The molecule has 3 N–H and O–H groups in total. The number of rotatable bonds is 0. The van der Waals surface area contributed by atoms with Gasteiger partial charge in [-0.1, -0.05) is 23.8 Å². The normalized spacial score (nSPS) is 27.0. The highest BCUT2D eigenvalue weighted by Crippen LogP contribution is 2.49. The first-order valence-electron chi connectivity index (χ1n) is 6.27.